The molecule has 0 saturated carbocycles. The first-order valence-corrected chi connectivity index (χ1v) is 6.69. The Morgan fingerprint density at radius 1 is 1.33 bits per heavy atom. The molecule has 1 atom stereocenters. The van der Waals surface area contributed by atoms with Crippen LogP contribution in [0.3, 0.4) is 0 Å². The summed E-state index contributed by atoms with van der Waals surface area (Å²) in [7, 11) is 1.60. The predicted octanol–water partition coefficient (Wildman–Crippen LogP) is 2.18. The Bertz CT molecular complexity index is 689. The maximum absolute atomic E-state index is 11.2. The lowest BCUT2D eigenvalue weighted by Gasteiger charge is -2.30. The molecule has 0 amide bonds. The van der Waals surface area contributed by atoms with Crippen LogP contribution in [0.1, 0.15) is 17.0 Å². The molecule has 7 heteroatoms. The first-order chi connectivity index (χ1) is 10.2. The molecule has 1 unspecified atom stereocenters. The summed E-state index contributed by atoms with van der Waals surface area (Å²) in [4.78, 5) is 18.6. The number of benzene rings is 1. The fraction of sp³-hybridized carbons (Fsp3) is 0.286. The zero-order chi connectivity index (χ0) is 14.8. The number of aromatic nitrogens is 2. The molecule has 0 aliphatic heterocycles. The summed E-state index contributed by atoms with van der Waals surface area (Å²) in [6.45, 7) is 0.623. The van der Waals surface area contributed by atoms with Crippen molar-refractivity contribution in [2.45, 2.75) is 12.3 Å². The van der Waals surface area contributed by atoms with E-state index in [2.05, 4.69) is 32.7 Å². The molecule has 1 aromatic carbocycles. The van der Waals surface area contributed by atoms with Gasteiger partial charge in [0.15, 0.2) is 0 Å². The number of hydrogen-bond donors (Lipinski definition) is 2. The Morgan fingerprint density at radius 2 is 2.10 bits per heavy atom. The van der Waals surface area contributed by atoms with Crippen LogP contribution in [0, 0.1) is 10.1 Å². The molecular weight excluding hydrogens is 270 g/mol. The number of rotatable bonds is 5. The van der Waals surface area contributed by atoms with Crippen molar-refractivity contribution in [1.29, 1.82) is 0 Å². The van der Waals surface area contributed by atoms with Gasteiger partial charge in [-0.05, 0) is 17.5 Å². The molecule has 2 aromatic rings. The Hall–Kier alpha value is -2.70. The Balaban J connectivity index is 1.76. The molecule has 108 valence electrons. The minimum absolute atomic E-state index is 0.118. The van der Waals surface area contributed by atoms with Crippen LogP contribution in [-0.4, -0.2) is 28.5 Å². The summed E-state index contributed by atoms with van der Waals surface area (Å²) in [5.74, 6) is 0.837. The van der Waals surface area contributed by atoms with E-state index in [0.29, 0.717) is 12.5 Å². The molecule has 0 radical (unpaired) electrons. The Morgan fingerprint density at radius 3 is 2.81 bits per heavy atom. The number of nitrogens with one attached hydrogen (secondary N) is 2. The van der Waals surface area contributed by atoms with Crippen molar-refractivity contribution in [2.24, 2.45) is 0 Å². The van der Waals surface area contributed by atoms with Crippen molar-refractivity contribution in [3.63, 3.8) is 0 Å². The second kappa shape index (κ2) is 5.35. The van der Waals surface area contributed by atoms with Gasteiger partial charge in [0.2, 0.25) is 11.6 Å². The average Bonchev–Trinajstić information content (AvgIpc) is 2.47. The third-order valence-corrected chi connectivity index (χ3v) is 3.72. The van der Waals surface area contributed by atoms with Gasteiger partial charge in [0.25, 0.3) is 0 Å². The van der Waals surface area contributed by atoms with Gasteiger partial charge in [-0.3, -0.25) is 10.1 Å². The van der Waals surface area contributed by atoms with Crippen LogP contribution in [0.25, 0.3) is 0 Å². The minimum Gasteiger partial charge on any atom is -0.367 e. The second-order valence-corrected chi connectivity index (χ2v) is 4.91. The second-order valence-electron chi connectivity index (χ2n) is 4.91. The van der Waals surface area contributed by atoms with Gasteiger partial charge in [-0.1, -0.05) is 24.3 Å². The molecule has 1 aliphatic carbocycles. The van der Waals surface area contributed by atoms with Gasteiger partial charge in [0.05, 0.1) is 4.92 Å². The molecule has 1 aromatic heterocycles. The Kier molecular flexibility index (Phi) is 3.39. The van der Waals surface area contributed by atoms with E-state index in [1.165, 1.54) is 17.5 Å². The maximum atomic E-state index is 11.2. The summed E-state index contributed by atoms with van der Waals surface area (Å²) in [6.07, 6.45) is 2.30. The number of hydrogen-bond acceptors (Lipinski definition) is 6. The van der Waals surface area contributed by atoms with Gasteiger partial charge in [-0.25, -0.2) is 9.97 Å². The molecule has 0 spiro atoms. The molecule has 0 saturated heterocycles. The number of nitrogens with zero attached hydrogens (tertiary/aromatic N) is 3. The molecule has 0 fully saturated rings. The lowest BCUT2D eigenvalue weighted by atomic mass is 9.77. The van der Waals surface area contributed by atoms with Gasteiger partial charge in [0.1, 0.15) is 6.33 Å². The van der Waals surface area contributed by atoms with Crippen molar-refractivity contribution in [1.82, 2.24) is 9.97 Å². The Labute approximate surface area is 121 Å². The summed E-state index contributed by atoms with van der Waals surface area (Å²) in [6, 6.07) is 8.24. The summed E-state index contributed by atoms with van der Waals surface area (Å²) < 4.78 is 0. The third-order valence-electron chi connectivity index (χ3n) is 3.72. The lowest BCUT2D eigenvalue weighted by molar-refractivity contribution is -0.383. The van der Waals surface area contributed by atoms with Crippen LogP contribution in [0.4, 0.5) is 17.3 Å². The molecule has 7 nitrogen and oxygen atoms in total. The standard InChI is InChI=1S/C14H15N5O2/c1-15-13-12(19(20)21)14(18-8-17-13)16-7-10-6-9-4-2-3-5-11(9)10/h2-5,8,10H,6-7H2,1H3,(H2,15,16,17,18). The van der Waals surface area contributed by atoms with Crippen molar-refractivity contribution in [3.05, 3.63) is 51.8 Å². The quantitative estimate of drug-likeness (QED) is 0.646. The van der Waals surface area contributed by atoms with Crippen molar-refractivity contribution in [3.8, 4) is 0 Å². The largest absolute Gasteiger partial charge is 0.367 e. The number of nitro groups is 1. The maximum Gasteiger partial charge on any atom is 0.353 e. The van der Waals surface area contributed by atoms with Gasteiger partial charge < -0.3 is 10.6 Å². The minimum atomic E-state index is -0.469. The SMILES string of the molecule is CNc1ncnc(NCC2Cc3ccccc32)c1[N+](=O)[O-]. The zero-order valence-electron chi connectivity index (χ0n) is 11.5. The highest BCUT2D eigenvalue weighted by Crippen LogP contribution is 2.36. The van der Waals surface area contributed by atoms with Crippen LogP contribution in [-0.2, 0) is 6.42 Å². The number of anilines is 2. The van der Waals surface area contributed by atoms with E-state index in [-0.39, 0.29) is 17.3 Å². The van der Waals surface area contributed by atoms with Crippen LogP contribution in [0.5, 0.6) is 0 Å². The first kappa shape index (κ1) is 13.3. The van der Waals surface area contributed by atoms with Crippen molar-refractivity contribution < 1.29 is 4.92 Å². The molecule has 0 bridgehead atoms. The summed E-state index contributed by atoms with van der Waals surface area (Å²) in [5, 5.41) is 17.0. The van der Waals surface area contributed by atoms with Gasteiger partial charge in [-0.2, -0.15) is 0 Å². The predicted molar refractivity (Wildman–Crippen MR) is 79.6 cm³/mol. The van der Waals surface area contributed by atoms with E-state index in [0.717, 1.165) is 6.42 Å². The van der Waals surface area contributed by atoms with Crippen LogP contribution >= 0.6 is 0 Å². The van der Waals surface area contributed by atoms with Crippen molar-refractivity contribution >= 4 is 17.3 Å². The topological polar surface area (TPSA) is 93.0 Å². The average molecular weight is 285 g/mol. The third kappa shape index (κ3) is 2.37. The molecule has 21 heavy (non-hydrogen) atoms. The van der Waals surface area contributed by atoms with Gasteiger partial charge in [0, 0.05) is 19.5 Å². The molecular formula is C14H15N5O2. The monoisotopic (exact) mass is 285 g/mol. The first-order valence-electron chi connectivity index (χ1n) is 6.69. The lowest BCUT2D eigenvalue weighted by Crippen LogP contribution is -2.24. The van der Waals surface area contributed by atoms with E-state index in [1.807, 2.05) is 12.1 Å². The van der Waals surface area contributed by atoms with E-state index in [9.17, 15) is 10.1 Å². The van der Waals surface area contributed by atoms with Gasteiger partial charge >= 0.3 is 5.69 Å². The van der Waals surface area contributed by atoms with Crippen LogP contribution < -0.4 is 10.6 Å². The fourth-order valence-electron chi connectivity index (χ4n) is 2.63. The van der Waals surface area contributed by atoms with E-state index in [4.69, 9.17) is 0 Å². The smallest absolute Gasteiger partial charge is 0.353 e. The molecule has 3 rings (SSSR count). The van der Waals surface area contributed by atoms with E-state index < -0.39 is 4.92 Å². The highest BCUT2D eigenvalue weighted by atomic mass is 16.6. The molecule has 1 aliphatic rings. The number of fused-ring (bicyclic) bond motifs is 1. The summed E-state index contributed by atoms with van der Waals surface area (Å²) in [5.41, 5.74) is 2.53. The van der Waals surface area contributed by atoms with Crippen molar-refractivity contribution in [2.75, 3.05) is 24.2 Å². The normalized spacial score (nSPS) is 15.8. The van der Waals surface area contributed by atoms with Crippen LogP contribution in [0.15, 0.2) is 30.6 Å². The zero-order valence-corrected chi connectivity index (χ0v) is 11.5. The van der Waals surface area contributed by atoms with E-state index in [1.54, 1.807) is 7.05 Å². The van der Waals surface area contributed by atoms with E-state index >= 15 is 0 Å². The molecule has 2 N–H and O–H groups in total. The molecule has 1 heterocycles. The highest BCUT2D eigenvalue weighted by molar-refractivity contribution is 5.69. The summed E-state index contributed by atoms with van der Waals surface area (Å²) >= 11 is 0. The highest BCUT2D eigenvalue weighted by Gasteiger charge is 2.27. The van der Waals surface area contributed by atoms with Crippen LogP contribution in [0.2, 0.25) is 0 Å². The fourth-order valence-corrected chi connectivity index (χ4v) is 2.63. The van der Waals surface area contributed by atoms with Gasteiger partial charge in [-0.15, -0.1) is 0 Å².